The predicted octanol–water partition coefficient (Wildman–Crippen LogP) is 4.11. The van der Waals surface area contributed by atoms with Crippen molar-refractivity contribution in [2.45, 2.75) is 32.7 Å². The van der Waals surface area contributed by atoms with Crippen LogP contribution in [0.5, 0.6) is 5.75 Å². The van der Waals surface area contributed by atoms with Gasteiger partial charge in [-0.25, -0.2) is 0 Å². The van der Waals surface area contributed by atoms with Crippen LogP contribution in [0.3, 0.4) is 0 Å². The SMILES string of the molecule is CCC(C)c1ccccc1OCC(=O)N(C)Cc1ccc(C#N)cc1. The molecule has 0 aliphatic heterocycles. The molecule has 0 fully saturated rings. The van der Waals surface area contributed by atoms with Gasteiger partial charge >= 0.3 is 0 Å². The number of hydrogen-bond donors (Lipinski definition) is 0. The van der Waals surface area contributed by atoms with Crippen LogP contribution >= 0.6 is 0 Å². The topological polar surface area (TPSA) is 53.3 Å². The summed E-state index contributed by atoms with van der Waals surface area (Å²) in [6, 6.07) is 17.2. The molecule has 0 saturated heterocycles. The number of likely N-dealkylation sites (N-methyl/N-ethyl adjacent to an activating group) is 1. The average molecular weight is 336 g/mol. The van der Waals surface area contributed by atoms with Crippen molar-refractivity contribution in [3.63, 3.8) is 0 Å². The van der Waals surface area contributed by atoms with E-state index in [9.17, 15) is 4.79 Å². The molecule has 0 N–H and O–H groups in total. The van der Waals surface area contributed by atoms with Crippen molar-refractivity contribution in [1.29, 1.82) is 5.26 Å². The van der Waals surface area contributed by atoms with Crippen molar-refractivity contribution in [3.05, 3.63) is 65.2 Å². The predicted molar refractivity (Wildman–Crippen MR) is 98.3 cm³/mol. The van der Waals surface area contributed by atoms with Crippen LogP contribution < -0.4 is 4.74 Å². The molecule has 0 bridgehead atoms. The molecule has 0 aromatic heterocycles. The molecule has 0 radical (unpaired) electrons. The first-order chi connectivity index (χ1) is 12.0. The second-order valence-electron chi connectivity index (χ2n) is 6.19. The van der Waals surface area contributed by atoms with Gasteiger partial charge in [-0.2, -0.15) is 5.26 Å². The molecule has 25 heavy (non-hydrogen) atoms. The van der Waals surface area contributed by atoms with Crippen LogP contribution in [0.25, 0.3) is 0 Å². The van der Waals surface area contributed by atoms with Crippen molar-refractivity contribution in [2.24, 2.45) is 0 Å². The number of amides is 1. The first kappa shape index (κ1) is 18.5. The lowest BCUT2D eigenvalue weighted by atomic mass is 9.98. The summed E-state index contributed by atoms with van der Waals surface area (Å²) in [5.74, 6) is 1.09. The van der Waals surface area contributed by atoms with E-state index in [4.69, 9.17) is 10.00 Å². The third kappa shape index (κ3) is 5.09. The maximum absolute atomic E-state index is 12.3. The van der Waals surface area contributed by atoms with Gasteiger partial charge in [-0.15, -0.1) is 0 Å². The zero-order chi connectivity index (χ0) is 18.2. The highest BCUT2D eigenvalue weighted by atomic mass is 16.5. The number of ether oxygens (including phenoxy) is 1. The fourth-order valence-electron chi connectivity index (χ4n) is 2.54. The lowest BCUT2D eigenvalue weighted by Gasteiger charge is -2.19. The second kappa shape index (κ2) is 8.89. The van der Waals surface area contributed by atoms with E-state index in [-0.39, 0.29) is 12.5 Å². The number of hydrogen-bond acceptors (Lipinski definition) is 3. The van der Waals surface area contributed by atoms with E-state index in [1.54, 1.807) is 24.1 Å². The molecule has 130 valence electrons. The maximum atomic E-state index is 12.3. The number of para-hydroxylation sites is 1. The van der Waals surface area contributed by atoms with Gasteiger partial charge in [0.2, 0.25) is 0 Å². The number of nitriles is 1. The summed E-state index contributed by atoms with van der Waals surface area (Å²) >= 11 is 0. The minimum Gasteiger partial charge on any atom is -0.483 e. The Balaban J connectivity index is 1.94. The molecule has 0 aliphatic carbocycles. The van der Waals surface area contributed by atoms with Gasteiger partial charge < -0.3 is 9.64 Å². The Hall–Kier alpha value is -2.80. The Labute approximate surface area is 149 Å². The smallest absolute Gasteiger partial charge is 0.260 e. The van der Waals surface area contributed by atoms with Crippen LogP contribution in [0, 0.1) is 11.3 Å². The molecule has 0 heterocycles. The number of benzene rings is 2. The first-order valence-electron chi connectivity index (χ1n) is 8.49. The van der Waals surface area contributed by atoms with Crippen molar-refractivity contribution in [2.75, 3.05) is 13.7 Å². The van der Waals surface area contributed by atoms with E-state index in [0.717, 1.165) is 23.3 Å². The van der Waals surface area contributed by atoms with Gasteiger partial charge in [0.15, 0.2) is 6.61 Å². The fourth-order valence-corrected chi connectivity index (χ4v) is 2.54. The molecule has 1 amide bonds. The summed E-state index contributed by atoms with van der Waals surface area (Å²) < 4.78 is 5.78. The van der Waals surface area contributed by atoms with Crippen LogP contribution in [0.15, 0.2) is 48.5 Å². The summed E-state index contributed by atoms with van der Waals surface area (Å²) in [6.45, 7) is 4.79. The van der Waals surface area contributed by atoms with E-state index >= 15 is 0 Å². The Morgan fingerprint density at radius 2 is 1.88 bits per heavy atom. The zero-order valence-corrected chi connectivity index (χ0v) is 15.0. The molecule has 1 atom stereocenters. The summed E-state index contributed by atoms with van der Waals surface area (Å²) in [5.41, 5.74) is 2.73. The Kier molecular flexibility index (Phi) is 6.59. The summed E-state index contributed by atoms with van der Waals surface area (Å²) in [7, 11) is 1.75. The van der Waals surface area contributed by atoms with Crippen LogP contribution in [-0.2, 0) is 11.3 Å². The lowest BCUT2D eigenvalue weighted by Crippen LogP contribution is -2.31. The molecule has 2 rings (SSSR count). The Morgan fingerprint density at radius 3 is 2.52 bits per heavy atom. The highest BCUT2D eigenvalue weighted by Gasteiger charge is 2.13. The quantitative estimate of drug-likeness (QED) is 0.764. The summed E-state index contributed by atoms with van der Waals surface area (Å²) in [6.07, 6.45) is 1.02. The monoisotopic (exact) mass is 336 g/mol. The molecule has 0 saturated carbocycles. The van der Waals surface area contributed by atoms with Gasteiger partial charge in [0, 0.05) is 13.6 Å². The largest absolute Gasteiger partial charge is 0.483 e. The molecule has 0 aliphatic rings. The number of carbonyl (C=O) groups excluding carboxylic acids is 1. The van der Waals surface area contributed by atoms with E-state index < -0.39 is 0 Å². The third-order valence-electron chi connectivity index (χ3n) is 4.34. The Morgan fingerprint density at radius 1 is 1.20 bits per heavy atom. The third-order valence-corrected chi connectivity index (χ3v) is 4.34. The summed E-state index contributed by atoms with van der Waals surface area (Å²) in [5, 5.41) is 8.82. The van der Waals surface area contributed by atoms with Crippen molar-refractivity contribution < 1.29 is 9.53 Å². The molecule has 4 nitrogen and oxygen atoms in total. The minimum absolute atomic E-state index is 0.0141. The lowest BCUT2D eigenvalue weighted by molar-refractivity contribution is -0.132. The van der Waals surface area contributed by atoms with Crippen molar-refractivity contribution >= 4 is 5.91 Å². The van der Waals surface area contributed by atoms with Gasteiger partial charge in [-0.3, -0.25) is 4.79 Å². The van der Waals surface area contributed by atoms with Crippen LogP contribution in [-0.4, -0.2) is 24.5 Å². The molecular formula is C21H24N2O2. The van der Waals surface area contributed by atoms with E-state index in [1.807, 2.05) is 30.3 Å². The van der Waals surface area contributed by atoms with Crippen molar-refractivity contribution in [3.8, 4) is 11.8 Å². The fraction of sp³-hybridized carbons (Fsp3) is 0.333. The molecule has 1 unspecified atom stereocenters. The number of rotatable bonds is 7. The Bertz CT molecular complexity index is 747. The van der Waals surface area contributed by atoms with Crippen molar-refractivity contribution in [1.82, 2.24) is 4.90 Å². The van der Waals surface area contributed by atoms with E-state index in [1.165, 1.54) is 0 Å². The highest BCUT2D eigenvalue weighted by Crippen LogP contribution is 2.28. The zero-order valence-electron chi connectivity index (χ0n) is 15.0. The van der Waals surface area contributed by atoms with E-state index in [0.29, 0.717) is 18.0 Å². The number of nitrogens with zero attached hydrogens (tertiary/aromatic N) is 2. The molecule has 0 spiro atoms. The average Bonchev–Trinajstić information content (AvgIpc) is 2.66. The van der Waals surface area contributed by atoms with Gasteiger partial charge in [-0.05, 0) is 41.7 Å². The van der Waals surface area contributed by atoms with Crippen LogP contribution in [0.4, 0.5) is 0 Å². The van der Waals surface area contributed by atoms with E-state index in [2.05, 4.69) is 26.0 Å². The van der Waals surface area contributed by atoms with Crippen LogP contribution in [0.2, 0.25) is 0 Å². The molecular weight excluding hydrogens is 312 g/mol. The maximum Gasteiger partial charge on any atom is 0.260 e. The van der Waals surface area contributed by atoms with Gasteiger partial charge in [0.25, 0.3) is 5.91 Å². The molecule has 4 heteroatoms. The minimum atomic E-state index is -0.0803. The van der Waals surface area contributed by atoms with Gasteiger partial charge in [0.1, 0.15) is 5.75 Å². The van der Waals surface area contributed by atoms with Gasteiger partial charge in [-0.1, -0.05) is 44.2 Å². The van der Waals surface area contributed by atoms with Crippen LogP contribution in [0.1, 0.15) is 42.9 Å². The molecule has 2 aromatic carbocycles. The summed E-state index contributed by atoms with van der Waals surface area (Å²) in [4.78, 5) is 14.0. The second-order valence-corrected chi connectivity index (χ2v) is 6.19. The molecule has 2 aromatic rings. The first-order valence-corrected chi connectivity index (χ1v) is 8.49. The van der Waals surface area contributed by atoms with Gasteiger partial charge in [0.05, 0.1) is 11.6 Å². The number of carbonyl (C=O) groups is 1. The standard InChI is InChI=1S/C21H24N2O2/c1-4-16(2)19-7-5-6-8-20(19)25-15-21(24)23(3)14-18-11-9-17(13-22)10-12-18/h5-12,16H,4,14-15H2,1-3H3. The normalized spacial score (nSPS) is 11.4. The highest BCUT2D eigenvalue weighted by molar-refractivity contribution is 5.77.